The van der Waals surface area contributed by atoms with Gasteiger partial charge in [0.25, 0.3) is 0 Å². The summed E-state index contributed by atoms with van der Waals surface area (Å²) in [6.45, 7) is 8.71. The second-order valence-corrected chi connectivity index (χ2v) is 5.62. The summed E-state index contributed by atoms with van der Waals surface area (Å²) in [6, 6.07) is 11.4. The molecule has 1 heterocycles. The van der Waals surface area contributed by atoms with E-state index in [4.69, 9.17) is 0 Å². The summed E-state index contributed by atoms with van der Waals surface area (Å²) in [5.74, 6) is 0. The molecule has 0 bridgehead atoms. The van der Waals surface area contributed by atoms with E-state index < -0.39 is 0 Å². The minimum Gasteiger partial charge on any atom is -0.312 e. The van der Waals surface area contributed by atoms with Crippen LogP contribution in [0.5, 0.6) is 0 Å². The molecule has 0 aromatic heterocycles. The van der Waals surface area contributed by atoms with Crippen molar-refractivity contribution in [2.45, 2.75) is 33.7 Å². The number of fused-ring (bicyclic) bond motifs is 1. The van der Waals surface area contributed by atoms with E-state index in [1.54, 1.807) is 0 Å². The van der Waals surface area contributed by atoms with E-state index in [2.05, 4.69) is 56.4 Å². The van der Waals surface area contributed by atoms with E-state index in [1.807, 2.05) is 0 Å². The first-order valence-corrected chi connectivity index (χ1v) is 7.06. The quantitative estimate of drug-likeness (QED) is 0.810. The van der Waals surface area contributed by atoms with Crippen LogP contribution in [0.2, 0.25) is 0 Å². The molecule has 1 aliphatic rings. The third-order valence-electron chi connectivity index (χ3n) is 4.28. The summed E-state index contributed by atoms with van der Waals surface area (Å²) in [4.78, 5) is 0. The molecule has 1 aliphatic heterocycles. The second kappa shape index (κ2) is 4.82. The molecule has 0 fully saturated rings. The normalized spacial score (nSPS) is 14.3. The first-order chi connectivity index (χ1) is 9.16. The van der Waals surface area contributed by atoms with Crippen molar-refractivity contribution in [1.82, 2.24) is 5.32 Å². The Balaban J connectivity index is 2.20. The lowest BCUT2D eigenvalue weighted by Gasteiger charge is -2.22. The highest BCUT2D eigenvalue weighted by molar-refractivity contribution is 5.73. The van der Waals surface area contributed by atoms with E-state index >= 15 is 0 Å². The van der Waals surface area contributed by atoms with Crippen LogP contribution in [0.25, 0.3) is 11.1 Å². The lowest BCUT2D eigenvalue weighted by Crippen LogP contribution is -2.24. The average Bonchev–Trinajstić information content (AvgIpc) is 2.42. The van der Waals surface area contributed by atoms with Crippen molar-refractivity contribution in [3.05, 3.63) is 58.1 Å². The van der Waals surface area contributed by atoms with Crippen molar-refractivity contribution >= 4 is 0 Å². The van der Waals surface area contributed by atoms with Gasteiger partial charge in [-0.15, -0.1) is 0 Å². The van der Waals surface area contributed by atoms with Gasteiger partial charge in [0.2, 0.25) is 0 Å². The number of nitrogens with one attached hydrogen (secondary N) is 1. The van der Waals surface area contributed by atoms with Gasteiger partial charge in [-0.1, -0.05) is 30.3 Å². The Kier molecular flexibility index (Phi) is 3.16. The van der Waals surface area contributed by atoms with Gasteiger partial charge in [0.1, 0.15) is 0 Å². The molecule has 0 spiro atoms. The van der Waals surface area contributed by atoms with E-state index in [-0.39, 0.29) is 0 Å². The van der Waals surface area contributed by atoms with Gasteiger partial charge in [0.15, 0.2) is 0 Å². The molecule has 0 unspecified atom stereocenters. The molecule has 1 N–H and O–H groups in total. The van der Waals surface area contributed by atoms with Gasteiger partial charge in [-0.05, 0) is 72.7 Å². The number of hydrogen-bond donors (Lipinski definition) is 1. The van der Waals surface area contributed by atoms with E-state index in [0.717, 1.165) is 19.5 Å². The van der Waals surface area contributed by atoms with Gasteiger partial charge in [0.05, 0.1) is 0 Å². The van der Waals surface area contributed by atoms with Gasteiger partial charge in [-0.2, -0.15) is 0 Å². The van der Waals surface area contributed by atoms with Crippen molar-refractivity contribution in [3.8, 4) is 11.1 Å². The third-order valence-corrected chi connectivity index (χ3v) is 4.28. The van der Waals surface area contributed by atoms with E-state index in [9.17, 15) is 0 Å². The summed E-state index contributed by atoms with van der Waals surface area (Å²) < 4.78 is 0. The minimum atomic E-state index is 0.998. The molecular weight excluding hydrogens is 230 g/mol. The maximum Gasteiger partial charge on any atom is 0.0214 e. The van der Waals surface area contributed by atoms with Crippen LogP contribution in [0.4, 0.5) is 0 Å². The standard InChI is InChI=1S/C18H21N/c1-12-9-14(3)17(10-13(12)2)16-6-4-5-15-7-8-19-11-18(15)16/h4-6,9-10,19H,7-8,11H2,1-3H3. The molecule has 0 atom stereocenters. The molecule has 2 aromatic carbocycles. The van der Waals surface area contributed by atoms with Gasteiger partial charge in [-0.25, -0.2) is 0 Å². The van der Waals surface area contributed by atoms with Crippen LogP contribution < -0.4 is 5.32 Å². The summed E-state index contributed by atoms with van der Waals surface area (Å²) in [6.07, 6.45) is 1.15. The molecule has 0 saturated heterocycles. The van der Waals surface area contributed by atoms with E-state index in [1.165, 1.54) is 38.9 Å². The number of rotatable bonds is 1. The van der Waals surface area contributed by atoms with Gasteiger partial charge in [0, 0.05) is 6.54 Å². The predicted octanol–water partition coefficient (Wildman–Crippen LogP) is 3.92. The Morgan fingerprint density at radius 2 is 1.68 bits per heavy atom. The topological polar surface area (TPSA) is 12.0 Å². The van der Waals surface area contributed by atoms with Gasteiger partial charge >= 0.3 is 0 Å². The highest BCUT2D eigenvalue weighted by Gasteiger charge is 2.15. The number of aryl methyl sites for hydroxylation is 3. The van der Waals surface area contributed by atoms with Crippen LogP contribution in [0.15, 0.2) is 30.3 Å². The van der Waals surface area contributed by atoms with Crippen LogP contribution in [-0.4, -0.2) is 6.54 Å². The summed E-state index contributed by atoms with van der Waals surface area (Å²) in [5.41, 5.74) is 9.93. The molecule has 0 saturated carbocycles. The molecule has 0 amide bonds. The van der Waals surface area contributed by atoms with E-state index in [0.29, 0.717) is 0 Å². The first-order valence-electron chi connectivity index (χ1n) is 7.06. The van der Waals surface area contributed by atoms with Crippen LogP contribution >= 0.6 is 0 Å². The Bertz CT molecular complexity index is 626. The van der Waals surface area contributed by atoms with Crippen molar-refractivity contribution < 1.29 is 0 Å². The smallest absolute Gasteiger partial charge is 0.0214 e. The molecular formula is C18H21N. The molecule has 2 aromatic rings. The zero-order chi connectivity index (χ0) is 13.4. The lowest BCUT2D eigenvalue weighted by atomic mass is 9.88. The molecule has 1 nitrogen and oxygen atoms in total. The number of benzene rings is 2. The monoisotopic (exact) mass is 251 g/mol. The Hall–Kier alpha value is -1.60. The fourth-order valence-electron chi connectivity index (χ4n) is 3.02. The highest BCUT2D eigenvalue weighted by atomic mass is 14.9. The van der Waals surface area contributed by atoms with Crippen LogP contribution in [-0.2, 0) is 13.0 Å². The minimum absolute atomic E-state index is 0.998. The van der Waals surface area contributed by atoms with Crippen LogP contribution in [0.3, 0.4) is 0 Å². The van der Waals surface area contributed by atoms with Crippen molar-refractivity contribution in [2.75, 3.05) is 6.54 Å². The maximum atomic E-state index is 3.50. The first kappa shape index (κ1) is 12.4. The van der Waals surface area contributed by atoms with Crippen molar-refractivity contribution in [2.24, 2.45) is 0 Å². The zero-order valence-corrected chi connectivity index (χ0v) is 12.0. The third kappa shape index (κ3) is 2.19. The van der Waals surface area contributed by atoms with Crippen LogP contribution in [0, 0.1) is 20.8 Å². The molecule has 0 radical (unpaired) electrons. The molecule has 98 valence electrons. The predicted molar refractivity (Wildman–Crippen MR) is 81.5 cm³/mol. The fourth-order valence-corrected chi connectivity index (χ4v) is 3.02. The Morgan fingerprint density at radius 3 is 2.53 bits per heavy atom. The summed E-state index contributed by atoms with van der Waals surface area (Å²) in [7, 11) is 0. The second-order valence-electron chi connectivity index (χ2n) is 5.62. The molecule has 3 rings (SSSR count). The van der Waals surface area contributed by atoms with Crippen molar-refractivity contribution in [3.63, 3.8) is 0 Å². The van der Waals surface area contributed by atoms with Gasteiger partial charge < -0.3 is 5.32 Å². The average molecular weight is 251 g/mol. The lowest BCUT2D eigenvalue weighted by molar-refractivity contribution is 0.645. The van der Waals surface area contributed by atoms with Gasteiger partial charge in [-0.3, -0.25) is 0 Å². The van der Waals surface area contributed by atoms with Crippen LogP contribution in [0.1, 0.15) is 27.8 Å². The summed E-state index contributed by atoms with van der Waals surface area (Å²) in [5, 5.41) is 3.50. The SMILES string of the molecule is Cc1cc(C)c(-c2cccc3c2CNCC3)cc1C. The highest BCUT2D eigenvalue weighted by Crippen LogP contribution is 2.32. The Labute approximate surface area is 115 Å². The fraction of sp³-hybridized carbons (Fsp3) is 0.333. The Morgan fingerprint density at radius 1 is 0.895 bits per heavy atom. The molecule has 1 heteroatoms. The molecule has 19 heavy (non-hydrogen) atoms. The zero-order valence-electron chi connectivity index (χ0n) is 12.0. The van der Waals surface area contributed by atoms with Crippen molar-refractivity contribution in [1.29, 1.82) is 0 Å². The summed E-state index contributed by atoms with van der Waals surface area (Å²) >= 11 is 0. The molecule has 0 aliphatic carbocycles. The maximum absolute atomic E-state index is 3.50. The largest absolute Gasteiger partial charge is 0.312 e. The number of hydrogen-bond acceptors (Lipinski definition) is 1.